The van der Waals surface area contributed by atoms with Gasteiger partial charge in [-0.2, -0.15) is 0 Å². The van der Waals surface area contributed by atoms with E-state index in [2.05, 4.69) is 10.6 Å². The summed E-state index contributed by atoms with van der Waals surface area (Å²) in [4.78, 5) is 23.8. The van der Waals surface area contributed by atoms with Crippen LogP contribution in [0, 0.1) is 0 Å². The fourth-order valence-electron chi connectivity index (χ4n) is 2.25. The van der Waals surface area contributed by atoms with Crippen LogP contribution in [0.5, 0.6) is 11.5 Å². The van der Waals surface area contributed by atoms with E-state index >= 15 is 0 Å². The predicted octanol–water partition coefficient (Wildman–Crippen LogP) is 2.93. The normalized spacial score (nSPS) is 10.1. The molecule has 0 radical (unpaired) electrons. The molecular weight excluding hydrogens is 336 g/mol. The lowest BCUT2D eigenvalue weighted by Gasteiger charge is -2.12. The summed E-state index contributed by atoms with van der Waals surface area (Å²) in [6.07, 6.45) is 0. The summed E-state index contributed by atoms with van der Waals surface area (Å²) in [5.74, 6) is 0.573. The molecule has 0 atom stereocenters. The summed E-state index contributed by atoms with van der Waals surface area (Å²) in [5.41, 5.74) is 1.47. The molecule has 2 aromatic carbocycles. The molecule has 0 bridgehead atoms. The van der Waals surface area contributed by atoms with Crippen molar-refractivity contribution in [1.29, 1.82) is 0 Å². The Bertz CT molecular complexity index is 776. The van der Waals surface area contributed by atoms with Crippen LogP contribution < -0.4 is 20.1 Å². The minimum absolute atomic E-state index is 0.229. The van der Waals surface area contributed by atoms with E-state index in [-0.39, 0.29) is 11.8 Å². The molecule has 0 heterocycles. The van der Waals surface area contributed by atoms with Crippen LogP contribution in [0.4, 0.5) is 11.4 Å². The Kier molecular flexibility index (Phi) is 6.99. The molecule has 2 N–H and O–H groups in total. The number of hydrogen-bond acceptors (Lipinski definition) is 5. The Morgan fingerprint density at radius 1 is 1.00 bits per heavy atom. The van der Waals surface area contributed by atoms with Crippen molar-refractivity contribution in [2.75, 3.05) is 38.1 Å². The lowest BCUT2D eigenvalue weighted by atomic mass is 10.2. The standard InChI is InChI=1S/C19H22N2O5/c1-13(22)20-17-12-15(7-8-18(17)25-3)21-19(23)14-5-4-6-16(11-14)26-10-9-24-2/h4-8,11-12H,9-10H2,1-3H3,(H,20,22)(H,21,23). The average molecular weight is 358 g/mol. The number of ether oxygens (including phenoxy) is 3. The van der Waals surface area contributed by atoms with Gasteiger partial charge in [-0.25, -0.2) is 0 Å². The molecule has 7 heteroatoms. The maximum atomic E-state index is 12.5. The smallest absolute Gasteiger partial charge is 0.255 e. The van der Waals surface area contributed by atoms with Crippen molar-refractivity contribution >= 4 is 23.2 Å². The molecule has 26 heavy (non-hydrogen) atoms. The fraction of sp³-hybridized carbons (Fsp3) is 0.263. The number of nitrogens with one attached hydrogen (secondary N) is 2. The first-order valence-electron chi connectivity index (χ1n) is 8.02. The monoisotopic (exact) mass is 358 g/mol. The fourth-order valence-corrected chi connectivity index (χ4v) is 2.25. The van der Waals surface area contributed by atoms with Gasteiger partial charge in [-0.15, -0.1) is 0 Å². The first-order chi connectivity index (χ1) is 12.5. The van der Waals surface area contributed by atoms with Crippen LogP contribution in [0.25, 0.3) is 0 Å². The third kappa shape index (κ3) is 5.49. The minimum atomic E-state index is -0.291. The van der Waals surface area contributed by atoms with E-state index in [1.165, 1.54) is 14.0 Å². The van der Waals surface area contributed by atoms with Gasteiger partial charge in [0.15, 0.2) is 0 Å². The summed E-state index contributed by atoms with van der Waals surface area (Å²) >= 11 is 0. The third-order valence-electron chi connectivity index (χ3n) is 3.42. The molecule has 0 unspecified atom stereocenters. The van der Waals surface area contributed by atoms with Crippen LogP contribution in [-0.4, -0.2) is 39.2 Å². The largest absolute Gasteiger partial charge is 0.495 e. The van der Waals surface area contributed by atoms with Gasteiger partial charge in [-0.1, -0.05) is 6.07 Å². The maximum Gasteiger partial charge on any atom is 0.255 e. The highest BCUT2D eigenvalue weighted by Crippen LogP contribution is 2.28. The van der Waals surface area contributed by atoms with Crippen molar-refractivity contribution in [3.8, 4) is 11.5 Å². The van der Waals surface area contributed by atoms with Crippen molar-refractivity contribution in [3.05, 3.63) is 48.0 Å². The number of rotatable bonds is 8. The van der Waals surface area contributed by atoms with E-state index in [9.17, 15) is 9.59 Å². The van der Waals surface area contributed by atoms with Gasteiger partial charge in [0.25, 0.3) is 5.91 Å². The number of amides is 2. The van der Waals surface area contributed by atoms with Crippen molar-refractivity contribution < 1.29 is 23.8 Å². The summed E-state index contributed by atoms with van der Waals surface area (Å²) in [7, 11) is 3.10. The molecule has 2 rings (SSSR count). The number of carbonyl (C=O) groups is 2. The first-order valence-corrected chi connectivity index (χ1v) is 8.02. The molecule has 0 saturated heterocycles. The third-order valence-corrected chi connectivity index (χ3v) is 3.42. The zero-order valence-electron chi connectivity index (χ0n) is 15.0. The first kappa shape index (κ1) is 19.3. The Balaban J connectivity index is 2.11. The van der Waals surface area contributed by atoms with Gasteiger partial charge in [-0.3, -0.25) is 9.59 Å². The highest BCUT2D eigenvalue weighted by molar-refractivity contribution is 6.05. The van der Waals surface area contributed by atoms with Gasteiger partial charge >= 0.3 is 0 Å². The predicted molar refractivity (Wildman–Crippen MR) is 99.1 cm³/mol. The van der Waals surface area contributed by atoms with Crippen LogP contribution in [0.2, 0.25) is 0 Å². The number of methoxy groups -OCH3 is 2. The minimum Gasteiger partial charge on any atom is -0.495 e. The maximum absolute atomic E-state index is 12.5. The second kappa shape index (κ2) is 9.43. The molecule has 0 spiro atoms. The van der Waals surface area contributed by atoms with E-state index in [0.29, 0.717) is 41.7 Å². The van der Waals surface area contributed by atoms with Gasteiger partial charge in [0, 0.05) is 25.3 Å². The van der Waals surface area contributed by atoms with Crippen molar-refractivity contribution in [2.45, 2.75) is 6.92 Å². The summed E-state index contributed by atoms with van der Waals surface area (Å²) in [6.45, 7) is 2.27. The van der Waals surface area contributed by atoms with Gasteiger partial charge in [0.2, 0.25) is 5.91 Å². The van der Waals surface area contributed by atoms with E-state index in [4.69, 9.17) is 14.2 Å². The molecule has 0 aliphatic heterocycles. The van der Waals surface area contributed by atoms with Gasteiger partial charge in [0.05, 0.1) is 19.4 Å². The highest BCUT2D eigenvalue weighted by atomic mass is 16.5. The van der Waals surface area contributed by atoms with Crippen LogP contribution >= 0.6 is 0 Å². The molecule has 0 fully saturated rings. The van der Waals surface area contributed by atoms with Crippen molar-refractivity contribution in [3.63, 3.8) is 0 Å². The van der Waals surface area contributed by atoms with Crippen molar-refractivity contribution in [2.24, 2.45) is 0 Å². The second-order valence-electron chi connectivity index (χ2n) is 5.42. The van der Waals surface area contributed by atoms with Gasteiger partial charge < -0.3 is 24.8 Å². The topological polar surface area (TPSA) is 85.9 Å². The van der Waals surface area contributed by atoms with Gasteiger partial charge in [-0.05, 0) is 36.4 Å². The molecular formula is C19H22N2O5. The molecule has 0 aliphatic rings. The molecule has 0 aliphatic carbocycles. The lowest BCUT2D eigenvalue weighted by Crippen LogP contribution is -2.13. The second-order valence-corrected chi connectivity index (χ2v) is 5.42. The van der Waals surface area contributed by atoms with Crippen LogP contribution in [0.3, 0.4) is 0 Å². The van der Waals surface area contributed by atoms with Gasteiger partial charge in [0.1, 0.15) is 18.1 Å². The summed E-state index contributed by atoms with van der Waals surface area (Å²) in [6, 6.07) is 11.9. The lowest BCUT2D eigenvalue weighted by molar-refractivity contribution is -0.114. The number of hydrogen-bond donors (Lipinski definition) is 2. The molecule has 2 amide bonds. The average Bonchev–Trinajstić information content (AvgIpc) is 2.62. The zero-order valence-corrected chi connectivity index (χ0v) is 15.0. The molecule has 0 saturated carbocycles. The van der Waals surface area contributed by atoms with E-state index in [1.807, 2.05) is 0 Å². The Labute approximate surface area is 152 Å². The number of benzene rings is 2. The van der Waals surface area contributed by atoms with Crippen LogP contribution in [0.15, 0.2) is 42.5 Å². The quantitative estimate of drug-likeness (QED) is 0.709. The number of anilines is 2. The Morgan fingerprint density at radius 2 is 1.81 bits per heavy atom. The van der Waals surface area contributed by atoms with Crippen LogP contribution in [-0.2, 0) is 9.53 Å². The molecule has 0 aromatic heterocycles. The Morgan fingerprint density at radius 3 is 2.50 bits per heavy atom. The van der Waals surface area contributed by atoms with E-state index in [1.54, 1.807) is 49.6 Å². The van der Waals surface area contributed by atoms with E-state index in [0.717, 1.165) is 0 Å². The SMILES string of the molecule is COCCOc1cccc(C(=O)Nc2ccc(OC)c(NC(C)=O)c2)c1. The van der Waals surface area contributed by atoms with E-state index < -0.39 is 0 Å². The number of carbonyl (C=O) groups excluding carboxylic acids is 2. The molecule has 2 aromatic rings. The molecule has 7 nitrogen and oxygen atoms in total. The Hall–Kier alpha value is -3.06. The summed E-state index contributed by atoms with van der Waals surface area (Å²) in [5, 5.41) is 5.46. The van der Waals surface area contributed by atoms with Crippen LogP contribution in [0.1, 0.15) is 17.3 Å². The highest BCUT2D eigenvalue weighted by Gasteiger charge is 2.10. The van der Waals surface area contributed by atoms with Crippen molar-refractivity contribution in [1.82, 2.24) is 0 Å². The summed E-state index contributed by atoms with van der Waals surface area (Å²) < 4.78 is 15.6. The molecule has 138 valence electrons. The zero-order chi connectivity index (χ0) is 18.9.